The van der Waals surface area contributed by atoms with E-state index in [0.29, 0.717) is 11.3 Å². The van der Waals surface area contributed by atoms with Gasteiger partial charge in [-0.15, -0.1) is 0 Å². The lowest BCUT2D eigenvalue weighted by Crippen LogP contribution is -2.39. The number of hydrogen-bond acceptors (Lipinski definition) is 6. The Hall–Kier alpha value is -3.90. The fraction of sp³-hybridized carbons (Fsp3) is 0.278. The summed E-state index contributed by atoms with van der Waals surface area (Å²) in [6.07, 6.45) is -3.21. The van der Waals surface area contributed by atoms with E-state index in [4.69, 9.17) is 11.1 Å². The van der Waals surface area contributed by atoms with E-state index in [1.165, 1.54) is 23.9 Å². The van der Waals surface area contributed by atoms with Crippen LogP contribution in [0.5, 0.6) is 0 Å². The molecule has 166 valence electrons. The number of esters is 2. The molecule has 4 N–H and O–H groups in total. The molecule has 2 rings (SSSR count). The smallest absolute Gasteiger partial charge is 0.386 e. The summed E-state index contributed by atoms with van der Waals surface area (Å²) in [5.74, 6) is -4.91. The second-order valence-corrected chi connectivity index (χ2v) is 6.47. The van der Waals surface area contributed by atoms with Crippen molar-refractivity contribution >= 4 is 23.7 Å². The van der Waals surface area contributed by atoms with Crippen LogP contribution in [0, 0.1) is 5.41 Å². The number of carbonyl (C=O) groups excluding carboxylic acids is 3. The summed E-state index contributed by atoms with van der Waals surface area (Å²) in [5.41, 5.74) is 5.77. The maximum absolute atomic E-state index is 12.5. The second kappa shape index (κ2) is 9.28. The highest BCUT2D eigenvalue weighted by molar-refractivity contribution is 5.95. The van der Waals surface area contributed by atoms with Crippen LogP contribution in [0.1, 0.15) is 18.9 Å². The van der Waals surface area contributed by atoms with Crippen LogP contribution in [0.2, 0.25) is 0 Å². The van der Waals surface area contributed by atoms with Crippen molar-refractivity contribution in [3.05, 3.63) is 52.7 Å². The van der Waals surface area contributed by atoms with E-state index < -0.39 is 48.7 Å². The van der Waals surface area contributed by atoms with Gasteiger partial charge in [-0.25, -0.2) is 9.59 Å². The van der Waals surface area contributed by atoms with Crippen LogP contribution >= 0.6 is 0 Å². The predicted octanol–water partition coefficient (Wildman–Crippen LogP) is 0.450. The third kappa shape index (κ3) is 6.29. The van der Waals surface area contributed by atoms with Crippen LogP contribution in [0.15, 0.2) is 41.5 Å². The standard InChI is InChI=1S/C18H18F3N5O5/c1-10(8-14(28)31-16(29)18(19,20)21)24-13(27)9-25-6-7-26(17(25)30)12-4-2-11(3-5-12)15(22)23/h2-7,10H,8-9H2,1H3,(H3,22,23)(H,24,27). The number of aromatic nitrogens is 2. The number of ether oxygens (including phenoxy) is 1. The molecule has 0 fully saturated rings. The Morgan fingerprint density at radius 3 is 2.35 bits per heavy atom. The van der Waals surface area contributed by atoms with Crippen molar-refractivity contribution in [2.45, 2.75) is 32.1 Å². The lowest BCUT2D eigenvalue weighted by Gasteiger charge is -2.13. The topological polar surface area (TPSA) is 149 Å². The summed E-state index contributed by atoms with van der Waals surface area (Å²) in [7, 11) is 0. The number of amidine groups is 1. The first-order chi connectivity index (χ1) is 14.4. The van der Waals surface area contributed by atoms with E-state index in [0.717, 1.165) is 4.57 Å². The van der Waals surface area contributed by atoms with E-state index >= 15 is 0 Å². The largest absolute Gasteiger partial charge is 0.491 e. The first-order valence-electron chi connectivity index (χ1n) is 8.72. The number of rotatable bonds is 7. The molecule has 10 nitrogen and oxygen atoms in total. The van der Waals surface area contributed by atoms with Gasteiger partial charge in [0.25, 0.3) is 0 Å². The van der Waals surface area contributed by atoms with Crippen molar-refractivity contribution in [2.24, 2.45) is 5.73 Å². The highest BCUT2D eigenvalue weighted by atomic mass is 19.4. The zero-order valence-corrected chi connectivity index (χ0v) is 16.1. The summed E-state index contributed by atoms with van der Waals surface area (Å²) in [5, 5.41) is 9.69. The quantitative estimate of drug-likeness (QED) is 0.246. The van der Waals surface area contributed by atoms with Gasteiger partial charge in [0.05, 0.1) is 12.1 Å². The third-order valence-corrected chi connectivity index (χ3v) is 3.94. The molecule has 1 atom stereocenters. The van der Waals surface area contributed by atoms with Gasteiger partial charge in [-0.2, -0.15) is 13.2 Å². The van der Waals surface area contributed by atoms with Gasteiger partial charge >= 0.3 is 23.8 Å². The maximum atomic E-state index is 12.5. The first-order valence-corrected chi connectivity index (χ1v) is 8.72. The molecule has 31 heavy (non-hydrogen) atoms. The molecule has 1 aromatic heterocycles. The molecular weight excluding hydrogens is 423 g/mol. The number of hydrogen-bond donors (Lipinski definition) is 3. The Balaban J connectivity index is 1.95. The Bertz CT molecular complexity index is 1060. The van der Waals surface area contributed by atoms with Crippen molar-refractivity contribution in [1.29, 1.82) is 5.41 Å². The van der Waals surface area contributed by atoms with Gasteiger partial charge in [0, 0.05) is 24.0 Å². The van der Waals surface area contributed by atoms with Crippen molar-refractivity contribution < 1.29 is 32.3 Å². The minimum Gasteiger partial charge on any atom is -0.386 e. The number of carbonyl (C=O) groups is 3. The highest BCUT2D eigenvalue weighted by Crippen LogP contribution is 2.17. The number of halogens is 3. The number of amides is 1. The van der Waals surface area contributed by atoms with Crippen LogP contribution in [0.3, 0.4) is 0 Å². The average Bonchev–Trinajstić information content (AvgIpc) is 3.00. The average molecular weight is 441 g/mol. The first kappa shape index (κ1) is 23.4. The minimum absolute atomic E-state index is 0.131. The maximum Gasteiger partial charge on any atom is 0.491 e. The molecule has 0 radical (unpaired) electrons. The monoisotopic (exact) mass is 441 g/mol. The second-order valence-electron chi connectivity index (χ2n) is 6.47. The summed E-state index contributed by atoms with van der Waals surface area (Å²) < 4.78 is 42.2. The van der Waals surface area contributed by atoms with E-state index in [1.54, 1.807) is 24.3 Å². The van der Waals surface area contributed by atoms with Gasteiger partial charge in [-0.1, -0.05) is 0 Å². The lowest BCUT2D eigenvalue weighted by molar-refractivity contribution is -0.201. The Kier molecular flexibility index (Phi) is 7.00. The van der Waals surface area contributed by atoms with Crippen molar-refractivity contribution in [3.8, 4) is 5.69 Å². The number of benzene rings is 1. The molecule has 2 aromatic rings. The SMILES string of the molecule is CC(CC(=O)OC(=O)C(F)(F)F)NC(=O)Cn1ccn(-c2ccc(C(=N)N)cc2)c1=O. The number of imidazole rings is 1. The van der Waals surface area contributed by atoms with Crippen LogP contribution in [-0.2, 0) is 25.7 Å². The minimum atomic E-state index is -5.30. The summed E-state index contributed by atoms with van der Waals surface area (Å²) >= 11 is 0. The molecule has 0 aliphatic heterocycles. The molecule has 0 saturated carbocycles. The Morgan fingerprint density at radius 2 is 1.81 bits per heavy atom. The summed E-state index contributed by atoms with van der Waals surface area (Å²) in [4.78, 5) is 46.5. The lowest BCUT2D eigenvalue weighted by atomic mass is 10.2. The highest BCUT2D eigenvalue weighted by Gasteiger charge is 2.42. The Morgan fingerprint density at radius 1 is 1.19 bits per heavy atom. The van der Waals surface area contributed by atoms with Gasteiger partial charge in [-0.05, 0) is 31.2 Å². The van der Waals surface area contributed by atoms with Gasteiger partial charge < -0.3 is 15.8 Å². The van der Waals surface area contributed by atoms with Crippen LogP contribution in [0.4, 0.5) is 13.2 Å². The Labute approximate surface area is 172 Å². The van der Waals surface area contributed by atoms with E-state index in [9.17, 15) is 32.3 Å². The molecule has 0 aliphatic rings. The fourth-order valence-corrected chi connectivity index (χ4v) is 2.51. The van der Waals surface area contributed by atoms with Gasteiger partial charge in [0.15, 0.2) is 0 Å². The van der Waals surface area contributed by atoms with Crippen molar-refractivity contribution in [1.82, 2.24) is 14.5 Å². The number of alkyl halides is 3. The zero-order chi connectivity index (χ0) is 23.3. The number of nitrogen functional groups attached to an aromatic ring is 1. The van der Waals surface area contributed by atoms with Crippen LogP contribution < -0.4 is 16.7 Å². The molecule has 0 saturated heterocycles. The third-order valence-electron chi connectivity index (χ3n) is 3.94. The van der Waals surface area contributed by atoms with E-state index in [1.807, 2.05) is 0 Å². The van der Waals surface area contributed by atoms with Crippen LogP contribution in [-0.4, -0.2) is 45.0 Å². The van der Waals surface area contributed by atoms with Gasteiger partial charge in [-0.3, -0.25) is 24.1 Å². The molecule has 1 heterocycles. The fourth-order valence-electron chi connectivity index (χ4n) is 2.51. The van der Waals surface area contributed by atoms with Crippen molar-refractivity contribution in [2.75, 3.05) is 0 Å². The van der Waals surface area contributed by atoms with Crippen molar-refractivity contribution in [3.63, 3.8) is 0 Å². The van der Waals surface area contributed by atoms with Crippen LogP contribution in [0.25, 0.3) is 5.69 Å². The molecular formula is C18H18F3N5O5. The molecule has 0 aliphatic carbocycles. The number of nitrogens with zero attached hydrogens (tertiary/aromatic N) is 2. The molecule has 0 spiro atoms. The number of nitrogens with two attached hydrogens (primary N) is 1. The molecule has 0 bridgehead atoms. The molecule has 1 aromatic carbocycles. The predicted molar refractivity (Wildman–Crippen MR) is 100 cm³/mol. The molecule has 1 unspecified atom stereocenters. The molecule has 13 heteroatoms. The zero-order valence-electron chi connectivity index (χ0n) is 16.1. The van der Waals surface area contributed by atoms with E-state index in [2.05, 4.69) is 10.1 Å². The van der Waals surface area contributed by atoms with E-state index in [-0.39, 0.29) is 5.84 Å². The molecule has 1 amide bonds. The van der Waals surface area contributed by atoms with Gasteiger partial charge in [0.2, 0.25) is 5.91 Å². The van der Waals surface area contributed by atoms with Gasteiger partial charge in [0.1, 0.15) is 12.4 Å². The summed E-state index contributed by atoms with van der Waals surface area (Å²) in [6.45, 7) is 0.903. The number of nitrogens with one attached hydrogen (secondary N) is 2. The normalized spacial score (nSPS) is 12.1. The summed E-state index contributed by atoms with van der Waals surface area (Å²) in [6, 6.07) is 5.30.